The average molecular weight is 332 g/mol. The number of aliphatic imine (C=N–C) groups is 1. The largest absolute Gasteiger partial charge is 0.454 e. The van der Waals surface area contributed by atoms with Gasteiger partial charge in [0.2, 0.25) is 6.79 Å². The molecule has 0 spiro atoms. The van der Waals surface area contributed by atoms with Crippen molar-refractivity contribution in [2.45, 2.75) is 26.0 Å². The van der Waals surface area contributed by atoms with Crippen LogP contribution in [0.3, 0.4) is 0 Å². The van der Waals surface area contributed by atoms with E-state index in [9.17, 15) is 4.79 Å². The second-order valence-electron chi connectivity index (χ2n) is 5.94. The molecule has 1 aromatic carbocycles. The van der Waals surface area contributed by atoms with Crippen molar-refractivity contribution in [1.82, 2.24) is 5.32 Å². The Kier molecular flexibility index (Phi) is 4.61. The SMILES string of the molecule is CC(C)CNC(=O)C1=CN=C(c2ccc3c(c2)OCO3)[C@@H](C)S1. The number of carbonyl (C=O) groups is 1. The first-order chi connectivity index (χ1) is 11.0. The molecule has 0 aliphatic carbocycles. The van der Waals surface area contributed by atoms with Crippen LogP contribution >= 0.6 is 11.8 Å². The van der Waals surface area contributed by atoms with Crippen LogP contribution < -0.4 is 14.8 Å². The van der Waals surface area contributed by atoms with E-state index in [0.717, 1.165) is 22.8 Å². The summed E-state index contributed by atoms with van der Waals surface area (Å²) in [6.45, 7) is 7.12. The lowest BCUT2D eigenvalue weighted by Gasteiger charge is -2.20. The fourth-order valence-corrected chi connectivity index (χ4v) is 3.35. The molecule has 3 rings (SSSR count). The van der Waals surface area contributed by atoms with Crippen LogP contribution in [0.4, 0.5) is 0 Å². The quantitative estimate of drug-likeness (QED) is 0.921. The number of nitrogens with one attached hydrogen (secondary N) is 1. The maximum atomic E-state index is 12.1. The highest BCUT2D eigenvalue weighted by Gasteiger charge is 2.24. The number of ether oxygens (including phenoxy) is 2. The first kappa shape index (κ1) is 15.9. The van der Waals surface area contributed by atoms with Crippen LogP contribution in [0.5, 0.6) is 11.5 Å². The van der Waals surface area contributed by atoms with E-state index in [2.05, 4.69) is 31.1 Å². The summed E-state index contributed by atoms with van der Waals surface area (Å²) < 4.78 is 10.7. The zero-order chi connectivity index (χ0) is 16.4. The van der Waals surface area contributed by atoms with Crippen LogP contribution in [0.25, 0.3) is 0 Å². The van der Waals surface area contributed by atoms with Crippen molar-refractivity contribution in [3.63, 3.8) is 0 Å². The van der Waals surface area contributed by atoms with Gasteiger partial charge in [-0.25, -0.2) is 0 Å². The Hall–Kier alpha value is -1.95. The summed E-state index contributed by atoms with van der Waals surface area (Å²) >= 11 is 1.53. The van der Waals surface area contributed by atoms with E-state index in [1.165, 1.54) is 11.8 Å². The van der Waals surface area contributed by atoms with Crippen molar-refractivity contribution in [1.29, 1.82) is 0 Å². The van der Waals surface area contributed by atoms with Crippen LogP contribution in [0.15, 0.2) is 34.3 Å². The Morgan fingerprint density at radius 1 is 1.39 bits per heavy atom. The molecule has 0 aromatic heterocycles. The molecule has 1 atom stereocenters. The second kappa shape index (κ2) is 6.66. The number of carbonyl (C=O) groups excluding carboxylic acids is 1. The number of rotatable bonds is 4. The highest BCUT2D eigenvalue weighted by Crippen LogP contribution is 2.35. The molecular formula is C17H20N2O3S. The van der Waals surface area contributed by atoms with Gasteiger partial charge in [0.1, 0.15) is 0 Å². The van der Waals surface area contributed by atoms with Crippen molar-refractivity contribution in [2.24, 2.45) is 10.9 Å². The number of benzene rings is 1. The molecule has 2 heterocycles. The molecule has 5 nitrogen and oxygen atoms in total. The summed E-state index contributed by atoms with van der Waals surface area (Å²) in [5.74, 6) is 1.88. The van der Waals surface area contributed by atoms with Gasteiger partial charge in [-0.2, -0.15) is 0 Å². The highest BCUT2D eigenvalue weighted by atomic mass is 32.2. The normalized spacial score (nSPS) is 19.4. The van der Waals surface area contributed by atoms with Crippen molar-refractivity contribution in [2.75, 3.05) is 13.3 Å². The number of nitrogens with zero attached hydrogens (tertiary/aromatic N) is 1. The molecule has 2 aliphatic rings. The minimum atomic E-state index is -0.0518. The van der Waals surface area contributed by atoms with Crippen LogP contribution in [0.1, 0.15) is 26.3 Å². The lowest BCUT2D eigenvalue weighted by Crippen LogP contribution is -2.30. The third kappa shape index (κ3) is 3.52. The van der Waals surface area contributed by atoms with Crippen LogP contribution in [-0.4, -0.2) is 30.2 Å². The molecule has 0 saturated heterocycles. The van der Waals surface area contributed by atoms with Gasteiger partial charge in [0, 0.05) is 23.6 Å². The number of thioether (sulfide) groups is 1. The Bertz CT molecular complexity index is 682. The van der Waals surface area contributed by atoms with E-state index < -0.39 is 0 Å². The zero-order valence-electron chi connectivity index (χ0n) is 13.5. The number of amides is 1. The van der Waals surface area contributed by atoms with Gasteiger partial charge in [-0.1, -0.05) is 13.8 Å². The summed E-state index contributed by atoms with van der Waals surface area (Å²) in [6.07, 6.45) is 1.65. The van der Waals surface area contributed by atoms with E-state index in [4.69, 9.17) is 9.47 Å². The van der Waals surface area contributed by atoms with Gasteiger partial charge < -0.3 is 14.8 Å². The molecule has 0 saturated carbocycles. The minimum absolute atomic E-state index is 0.0518. The topological polar surface area (TPSA) is 59.9 Å². The highest BCUT2D eigenvalue weighted by molar-refractivity contribution is 8.05. The summed E-state index contributed by atoms with van der Waals surface area (Å²) in [5.41, 5.74) is 1.93. The molecule has 0 bridgehead atoms. The third-order valence-electron chi connectivity index (χ3n) is 3.57. The standard InChI is InChI=1S/C17H20N2O3S/c1-10(2)7-19-17(20)15-8-18-16(11(3)23-15)12-4-5-13-14(6-12)22-9-21-13/h4-6,8,10-11H,7,9H2,1-3H3,(H,19,20)/t11-/m1/s1. The van der Waals surface area contributed by atoms with E-state index in [-0.39, 0.29) is 18.0 Å². The third-order valence-corrected chi connectivity index (χ3v) is 4.69. The predicted octanol–water partition coefficient (Wildman–Crippen LogP) is 2.95. The van der Waals surface area contributed by atoms with Crippen molar-refractivity contribution in [3.8, 4) is 11.5 Å². The molecule has 1 N–H and O–H groups in total. The van der Waals surface area contributed by atoms with E-state index in [1.54, 1.807) is 6.20 Å². The van der Waals surface area contributed by atoms with Gasteiger partial charge >= 0.3 is 0 Å². The molecule has 2 aliphatic heterocycles. The van der Waals surface area contributed by atoms with E-state index in [0.29, 0.717) is 17.4 Å². The first-order valence-corrected chi connectivity index (χ1v) is 8.55. The van der Waals surface area contributed by atoms with E-state index >= 15 is 0 Å². The number of fused-ring (bicyclic) bond motifs is 1. The van der Waals surface area contributed by atoms with Gasteiger partial charge in [0.25, 0.3) is 5.91 Å². The van der Waals surface area contributed by atoms with Crippen molar-refractivity contribution in [3.05, 3.63) is 34.9 Å². The predicted molar refractivity (Wildman–Crippen MR) is 92.1 cm³/mol. The van der Waals surface area contributed by atoms with Gasteiger partial charge in [-0.15, -0.1) is 11.8 Å². The lowest BCUT2D eigenvalue weighted by molar-refractivity contribution is -0.116. The summed E-state index contributed by atoms with van der Waals surface area (Å²) in [5, 5.41) is 3.02. The smallest absolute Gasteiger partial charge is 0.259 e. The fourth-order valence-electron chi connectivity index (χ4n) is 2.37. The monoisotopic (exact) mass is 332 g/mol. The molecule has 122 valence electrons. The molecule has 1 aromatic rings. The Morgan fingerprint density at radius 3 is 2.91 bits per heavy atom. The molecule has 0 fully saturated rings. The number of hydrogen-bond acceptors (Lipinski definition) is 5. The van der Waals surface area contributed by atoms with Crippen molar-refractivity contribution >= 4 is 23.4 Å². The first-order valence-electron chi connectivity index (χ1n) is 7.67. The fraction of sp³-hybridized carbons (Fsp3) is 0.412. The molecular weight excluding hydrogens is 312 g/mol. The number of hydrogen-bond donors (Lipinski definition) is 1. The lowest BCUT2D eigenvalue weighted by atomic mass is 10.1. The van der Waals surface area contributed by atoms with Gasteiger partial charge in [-0.3, -0.25) is 9.79 Å². The van der Waals surface area contributed by atoms with Crippen LogP contribution in [-0.2, 0) is 4.79 Å². The molecule has 6 heteroatoms. The Labute approximate surface area is 140 Å². The average Bonchev–Trinajstić information content (AvgIpc) is 2.99. The summed E-state index contributed by atoms with van der Waals surface area (Å²) in [7, 11) is 0. The summed E-state index contributed by atoms with van der Waals surface area (Å²) in [6, 6.07) is 5.81. The Balaban J connectivity index is 1.77. The summed E-state index contributed by atoms with van der Waals surface area (Å²) in [4.78, 5) is 17.3. The van der Waals surface area contributed by atoms with Gasteiger partial charge in [-0.05, 0) is 31.0 Å². The minimum Gasteiger partial charge on any atom is -0.454 e. The molecule has 23 heavy (non-hydrogen) atoms. The van der Waals surface area contributed by atoms with Gasteiger partial charge in [0.05, 0.1) is 10.6 Å². The van der Waals surface area contributed by atoms with Gasteiger partial charge in [0.15, 0.2) is 11.5 Å². The zero-order valence-corrected chi connectivity index (χ0v) is 14.3. The maximum Gasteiger partial charge on any atom is 0.259 e. The molecule has 1 amide bonds. The van der Waals surface area contributed by atoms with Crippen LogP contribution in [0.2, 0.25) is 0 Å². The van der Waals surface area contributed by atoms with Crippen LogP contribution in [0, 0.1) is 5.92 Å². The molecule has 0 unspecified atom stereocenters. The second-order valence-corrected chi connectivity index (χ2v) is 7.32. The molecule has 0 radical (unpaired) electrons. The van der Waals surface area contributed by atoms with Crippen molar-refractivity contribution < 1.29 is 14.3 Å². The van der Waals surface area contributed by atoms with E-state index in [1.807, 2.05) is 18.2 Å². The maximum absolute atomic E-state index is 12.1. The Morgan fingerprint density at radius 2 is 2.17 bits per heavy atom.